The fourth-order valence-corrected chi connectivity index (χ4v) is 1.75. The van der Waals surface area contributed by atoms with Gasteiger partial charge in [0.1, 0.15) is 0 Å². The molecule has 0 aliphatic rings. The third-order valence-corrected chi connectivity index (χ3v) is 3.15. The van der Waals surface area contributed by atoms with Crippen LogP contribution in [-0.4, -0.2) is 21.8 Å². The van der Waals surface area contributed by atoms with Gasteiger partial charge in [-0.1, -0.05) is 41.0 Å². The minimum Gasteiger partial charge on any atom is -0.481 e. The Balaban J connectivity index is 4.95. The molecule has 0 saturated heterocycles. The van der Waals surface area contributed by atoms with Crippen molar-refractivity contribution in [3.63, 3.8) is 0 Å². The van der Waals surface area contributed by atoms with Crippen molar-refractivity contribution in [3.05, 3.63) is 0 Å². The Kier molecular flexibility index (Phi) is 4.13. The zero-order chi connectivity index (χ0) is 11.6. The van der Waals surface area contributed by atoms with Crippen LogP contribution in [-0.2, 0) is 4.79 Å². The van der Waals surface area contributed by atoms with Gasteiger partial charge in [-0.05, 0) is 11.3 Å². The van der Waals surface area contributed by atoms with Crippen molar-refractivity contribution in [2.75, 3.05) is 0 Å². The average molecular weight is 202 g/mol. The summed E-state index contributed by atoms with van der Waals surface area (Å²) in [6.45, 7) is 9.49. The molecule has 0 heterocycles. The van der Waals surface area contributed by atoms with Crippen molar-refractivity contribution < 1.29 is 15.0 Å². The molecule has 84 valence electrons. The predicted octanol–water partition coefficient (Wildman–Crippen LogP) is 2.28. The summed E-state index contributed by atoms with van der Waals surface area (Å²) in [5.74, 6) is -0.957. The molecular weight excluding hydrogens is 180 g/mol. The van der Waals surface area contributed by atoms with Crippen molar-refractivity contribution in [1.82, 2.24) is 0 Å². The summed E-state index contributed by atoms with van der Waals surface area (Å²) in [4.78, 5) is 10.7. The van der Waals surface area contributed by atoms with Crippen molar-refractivity contribution in [2.24, 2.45) is 11.3 Å². The van der Waals surface area contributed by atoms with Crippen LogP contribution in [0.15, 0.2) is 0 Å². The zero-order valence-corrected chi connectivity index (χ0v) is 9.79. The van der Waals surface area contributed by atoms with Crippen LogP contribution in [0.2, 0.25) is 0 Å². The number of aliphatic hydroxyl groups is 1. The smallest absolute Gasteiger partial charge is 0.306 e. The molecule has 3 nitrogen and oxygen atoms in total. The van der Waals surface area contributed by atoms with Gasteiger partial charge in [0.2, 0.25) is 0 Å². The van der Waals surface area contributed by atoms with Gasteiger partial charge >= 0.3 is 5.97 Å². The van der Waals surface area contributed by atoms with Gasteiger partial charge in [-0.15, -0.1) is 0 Å². The highest BCUT2D eigenvalue weighted by atomic mass is 16.4. The Labute approximate surface area is 86.1 Å². The standard InChI is InChI=1S/C11H22O3/c1-6-8(2)11(14,7-9(12)13)10(3,4)5/h8,14H,6-7H2,1-5H3,(H,12,13). The molecule has 0 rings (SSSR count). The molecule has 2 unspecified atom stereocenters. The molecule has 0 aromatic heterocycles. The second-order valence-corrected chi connectivity index (χ2v) is 5.05. The summed E-state index contributed by atoms with van der Waals surface area (Å²) in [7, 11) is 0. The number of hydrogen-bond donors (Lipinski definition) is 2. The SMILES string of the molecule is CCC(C)C(O)(CC(=O)O)C(C)(C)C. The Morgan fingerprint density at radius 2 is 1.79 bits per heavy atom. The van der Waals surface area contributed by atoms with E-state index in [-0.39, 0.29) is 12.3 Å². The molecule has 14 heavy (non-hydrogen) atoms. The molecule has 0 spiro atoms. The second-order valence-electron chi connectivity index (χ2n) is 5.05. The number of carboxylic acids is 1. The summed E-state index contributed by atoms with van der Waals surface area (Å²) in [6.07, 6.45) is 0.590. The minimum atomic E-state index is -1.13. The molecule has 0 aromatic carbocycles. The topological polar surface area (TPSA) is 57.5 Å². The number of rotatable bonds is 4. The van der Waals surface area contributed by atoms with Gasteiger partial charge in [-0.25, -0.2) is 0 Å². The van der Waals surface area contributed by atoms with E-state index < -0.39 is 17.0 Å². The van der Waals surface area contributed by atoms with Crippen LogP contribution in [0.3, 0.4) is 0 Å². The molecule has 3 heteroatoms. The molecule has 0 radical (unpaired) electrons. The molecule has 0 fully saturated rings. The van der Waals surface area contributed by atoms with E-state index in [1.54, 1.807) is 0 Å². The lowest BCUT2D eigenvalue weighted by Gasteiger charge is -2.43. The predicted molar refractivity (Wildman–Crippen MR) is 56.1 cm³/mol. The Morgan fingerprint density at radius 3 is 2.00 bits per heavy atom. The molecule has 0 saturated carbocycles. The maximum absolute atomic E-state index is 10.7. The van der Waals surface area contributed by atoms with E-state index in [1.807, 2.05) is 34.6 Å². The molecule has 0 amide bonds. The Morgan fingerprint density at radius 1 is 1.36 bits per heavy atom. The quantitative estimate of drug-likeness (QED) is 0.735. The van der Waals surface area contributed by atoms with Crippen LogP contribution < -0.4 is 0 Å². The van der Waals surface area contributed by atoms with E-state index in [4.69, 9.17) is 5.11 Å². The lowest BCUT2D eigenvalue weighted by atomic mass is 9.67. The molecule has 2 atom stereocenters. The maximum atomic E-state index is 10.7. The monoisotopic (exact) mass is 202 g/mol. The van der Waals surface area contributed by atoms with E-state index in [0.29, 0.717) is 0 Å². The molecule has 2 N–H and O–H groups in total. The first-order valence-electron chi connectivity index (χ1n) is 5.09. The number of carbonyl (C=O) groups is 1. The molecule has 0 bridgehead atoms. The highest BCUT2D eigenvalue weighted by Crippen LogP contribution is 2.40. The minimum absolute atomic E-state index is 0.0152. The second kappa shape index (κ2) is 4.30. The van der Waals surface area contributed by atoms with E-state index in [2.05, 4.69) is 0 Å². The third-order valence-electron chi connectivity index (χ3n) is 3.15. The van der Waals surface area contributed by atoms with Gasteiger partial charge in [-0.2, -0.15) is 0 Å². The lowest BCUT2D eigenvalue weighted by Crippen LogP contribution is -2.49. The number of carboxylic acid groups (broad SMARTS) is 1. The highest BCUT2D eigenvalue weighted by molar-refractivity contribution is 5.68. The van der Waals surface area contributed by atoms with Gasteiger partial charge in [0.25, 0.3) is 0 Å². The fourth-order valence-electron chi connectivity index (χ4n) is 1.75. The van der Waals surface area contributed by atoms with E-state index in [9.17, 15) is 9.90 Å². The van der Waals surface area contributed by atoms with E-state index in [1.165, 1.54) is 0 Å². The van der Waals surface area contributed by atoms with Gasteiger partial charge in [0.15, 0.2) is 0 Å². The molecule has 0 aromatic rings. The van der Waals surface area contributed by atoms with Crippen LogP contribution in [0.25, 0.3) is 0 Å². The van der Waals surface area contributed by atoms with Gasteiger partial charge in [0, 0.05) is 0 Å². The first-order valence-corrected chi connectivity index (χ1v) is 5.09. The van der Waals surface area contributed by atoms with Gasteiger partial charge in [0.05, 0.1) is 12.0 Å². The first-order chi connectivity index (χ1) is 6.15. The molecule has 0 aliphatic carbocycles. The largest absolute Gasteiger partial charge is 0.481 e. The summed E-state index contributed by atoms with van der Waals surface area (Å²) in [6, 6.07) is 0. The van der Waals surface area contributed by atoms with Crippen molar-refractivity contribution >= 4 is 5.97 Å². The molecule has 0 aliphatic heterocycles. The van der Waals surface area contributed by atoms with Crippen LogP contribution in [0, 0.1) is 11.3 Å². The maximum Gasteiger partial charge on any atom is 0.306 e. The number of hydrogen-bond acceptors (Lipinski definition) is 2. The van der Waals surface area contributed by atoms with Crippen LogP contribution in [0.5, 0.6) is 0 Å². The lowest BCUT2D eigenvalue weighted by molar-refractivity contribution is -0.156. The molecular formula is C11H22O3. The average Bonchev–Trinajstić information content (AvgIpc) is 1.99. The van der Waals surface area contributed by atoms with E-state index in [0.717, 1.165) is 6.42 Å². The zero-order valence-electron chi connectivity index (χ0n) is 9.79. The first kappa shape index (κ1) is 13.4. The van der Waals surface area contributed by atoms with E-state index >= 15 is 0 Å². The summed E-state index contributed by atoms with van der Waals surface area (Å²) >= 11 is 0. The Bertz CT molecular complexity index is 205. The fraction of sp³-hybridized carbons (Fsp3) is 0.909. The highest BCUT2D eigenvalue weighted by Gasteiger charge is 2.45. The van der Waals surface area contributed by atoms with Gasteiger partial charge < -0.3 is 10.2 Å². The third kappa shape index (κ3) is 2.71. The Hall–Kier alpha value is -0.570. The van der Waals surface area contributed by atoms with Crippen molar-refractivity contribution in [2.45, 2.75) is 53.1 Å². The van der Waals surface area contributed by atoms with Crippen LogP contribution >= 0.6 is 0 Å². The van der Waals surface area contributed by atoms with Gasteiger partial charge in [-0.3, -0.25) is 4.79 Å². The summed E-state index contributed by atoms with van der Waals surface area (Å²) < 4.78 is 0. The van der Waals surface area contributed by atoms with Crippen LogP contribution in [0.4, 0.5) is 0 Å². The number of aliphatic carboxylic acids is 1. The summed E-state index contributed by atoms with van der Waals surface area (Å²) in [5, 5.41) is 19.2. The summed E-state index contributed by atoms with van der Waals surface area (Å²) in [5.41, 5.74) is -1.55. The normalized spacial score (nSPS) is 18.7. The van der Waals surface area contributed by atoms with Crippen molar-refractivity contribution in [1.29, 1.82) is 0 Å². The van der Waals surface area contributed by atoms with Crippen LogP contribution in [0.1, 0.15) is 47.5 Å². The van der Waals surface area contributed by atoms with Crippen molar-refractivity contribution in [3.8, 4) is 0 Å².